The predicted octanol–water partition coefficient (Wildman–Crippen LogP) is 2.12. The number of aliphatic hydroxyl groups is 1. The monoisotopic (exact) mass is 223 g/mol. The van der Waals surface area contributed by atoms with E-state index < -0.39 is 0 Å². The van der Waals surface area contributed by atoms with E-state index in [0.717, 1.165) is 12.2 Å². The maximum absolute atomic E-state index is 9.45. The van der Waals surface area contributed by atoms with Crippen LogP contribution in [0.5, 0.6) is 5.75 Å². The van der Waals surface area contributed by atoms with Crippen LogP contribution >= 0.6 is 0 Å². The van der Waals surface area contributed by atoms with Gasteiger partial charge in [0, 0.05) is 12.6 Å². The first kappa shape index (κ1) is 13.0. The number of hydrogen-bond donors (Lipinski definition) is 2. The number of benzene rings is 1. The van der Waals surface area contributed by atoms with Gasteiger partial charge in [-0.25, -0.2) is 0 Å². The Labute approximate surface area is 97.4 Å². The van der Waals surface area contributed by atoms with Crippen molar-refractivity contribution in [3.63, 3.8) is 0 Å². The number of nitrogens with one attached hydrogen (secondary N) is 1. The van der Waals surface area contributed by atoms with E-state index in [0.29, 0.717) is 6.54 Å². The molecule has 1 aromatic rings. The number of aliphatic hydroxyl groups excluding tert-OH is 1. The summed E-state index contributed by atoms with van der Waals surface area (Å²) in [6.45, 7) is 4.69. The van der Waals surface area contributed by atoms with Crippen molar-refractivity contribution in [2.75, 3.05) is 13.7 Å². The second-order valence-electron chi connectivity index (χ2n) is 3.97. The number of ether oxygens (including phenoxy) is 1. The molecule has 2 N–H and O–H groups in total. The van der Waals surface area contributed by atoms with Crippen LogP contribution in [-0.4, -0.2) is 24.9 Å². The SMILES string of the molecule is CCC(O)CN[C@@H](C)c1ccc(OC)cc1. The molecular formula is C13H21NO2. The molecule has 90 valence electrons. The Morgan fingerprint density at radius 2 is 1.94 bits per heavy atom. The zero-order valence-corrected chi connectivity index (χ0v) is 10.2. The molecule has 1 aromatic carbocycles. The molecule has 2 atom stereocenters. The minimum Gasteiger partial charge on any atom is -0.497 e. The lowest BCUT2D eigenvalue weighted by Crippen LogP contribution is -2.28. The Morgan fingerprint density at radius 1 is 1.31 bits per heavy atom. The molecule has 0 heterocycles. The molecule has 0 aliphatic heterocycles. The zero-order valence-electron chi connectivity index (χ0n) is 10.2. The highest BCUT2D eigenvalue weighted by molar-refractivity contribution is 5.28. The molecule has 0 spiro atoms. The summed E-state index contributed by atoms with van der Waals surface area (Å²) in [6.07, 6.45) is 0.517. The first-order chi connectivity index (χ1) is 7.67. The average molecular weight is 223 g/mol. The van der Waals surface area contributed by atoms with E-state index >= 15 is 0 Å². The molecule has 0 fully saturated rings. The Morgan fingerprint density at radius 3 is 2.44 bits per heavy atom. The lowest BCUT2D eigenvalue weighted by molar-refractivity contribution is 0.164. The minimum absolute atomic E-state index is 0.243. The standard InChI is InChI=1S/C13H21NO2/c1-4-12(15)9-14-10(2)11-5-7-13(16-3)8-6-11/h5-8,10,12,14-15H,4,9H2,1-3H3/t10-,12?/m0/s1. The van der Waals surface area contributed by atoms with Crippen LogP contribution in [0.4, 0.5) is 0 Å². The third kappa shape index (κ3) is 3.83. The smallest absolute Gasteiger partial charge is 0.118 e. The zero-order chi connectivity index (χ0) is 12.0. The van der Waals surface area contributed by atoms with Crippen LogP contribution in [0.25, 0.3) is 0 Å². The van der Waals surface area contributed by atoms with E-state index in [1.165, 1.54) is 5.56 Å². The van der Waals surface area contributed by atoms with E-state index in [-0.39, 0.29) is 12.1 Å². The number of hydrogen-bond acceptors (Lipinski definition) is 3. The molecule has 16 heavy (non-hydrogen) atoms. The van der Waals surface area contributed by atoms with Crippen LogP contribution in [0, 0.1) is 0 Å². The maximum atomic E-state index is 9.45. The van der Waals surface area contributed by atoms with Crippen LogP contribution < -0.4 is 10.1 Å². The molecule has 3 heteroatoms. The third-order valence-corrected chi connectivity index (χ3v) is 2.75. The molecule has 0 aromatic heterocycles. The summed E-state index contributed by atoms with van der Waals surface area (Å²) < 4.78 is 5.10. The topological polar surface area (TPSA) is 41.5 Å². The molecule has 0 aliphatic carbocycles. The van der Waals surface area contributed by atoms with E-state index in [4.69, 9.17) is 4.74 Å². The lowest BCUT2D eigenvalue weighted by Gasteiger charge is -2.16. The molecule has 0 radical (unpaired) electrons. The molecule has 1 rings (SSSR count). The fourth-order valence-corrected chi connectivity index (χ4v) is 1.47. The van der Waals surface area contributed by atoms with E-state index in [9.17, 15) is 5.11 Å². The Balaban J connectivity index is 2.49. The van der Waals surface area contributed by atoms with Gasteiger partial charge in [0.15, 0.2) is 0 Å². The highest BCUT2D eigenvalue weighted by Gasteiger charge is 2.07. The fraction of sp³-hybridized carbons (Fsp3) is 0.538. The first-order valence-electron chi connectivity index (χ1n) is 5.72. The average Bonchev–Trinajstić information content (AvgIpc) is 2.35. The second-order valence-corrected chi connectivity index (χ2v) is 3.97. The van der Waals surface area contributed by atoms with Crippen molar-refractivity contribution in [3.8, 4) is 5.75 Å². The number of methoxy groups -OCH3 is 1. The van der Waals surface area contributed by atoms with Gasteiger partial charge in [0.1, 0.15) is 5.75 Å². The van der Waals surface area contributed by atoms with Gasteiger partial charge in [-0.1, -0.05) is 19.1 Å². The van der Waals surface area contributed by atoms with Gasteiger partial charge in [-0.2, -0.15) is 0 Å². The van der Waals surface area contributed by atoms with Gasteiger partial charge in [0.2, 0.25) is 0 Å². The number of rotatable bonds is 6. The lowest BCUT2D eigenvalue weighted by atomic mass is 10.1. The minimum atomic E-state index is -0.263. The summed E-state index contributed by atoms with van der Waals surface area (Å²) in [5.41, 5.74) is 1.20. The van der Waals surface area contributed by atoms with E-state index in [2.05, 4.69) is 12.2 Å². The van der Waals surface area contributed by atoms with Crippen molar-refractivity contribution in [1.29, 1.82) is 0 Å². The summed E-state index contributed by atoms with van der Waals surface area (Å²) >= 11 is 0. The van der Waals surface area contributed by atoms with Gasteiger partial charge in [0.25, 0.3) is 0 Å². The fourth-order valence-electron chi connectivity index (χ4n) is 1.47. The van der Waals surface area contributed by atoms with Crippen molar-refractivity contribution in [2.24, 2.45) is 0 Å². The molecule has 0 saturated heterocycles. The van der Waals surface area contributed by atoms with Gasteiger partial charge in [-0.15, -0.1) is 0 Å². The predicted molar refractivity (Wildman–Crippen MR) is 65.7 cm³/mol. The summed E-state index contributed by atoms with van der Waals surface area (Å²) in [6, 6.07) is 8.21. The highest BCUT2D eigenvalue weighted by Crippen LogP contribution is 2.17. The molecule has 1 unspecified atom stereocenters. The van der Waals surface area contributed by atoms with Crippen LogP contribution in [0.1, 0.15) is 31.9 Å². The molecule has 0 bridgehead atoms. The van der Waals surface area contributed by atoms with Crippen molar-refractivity contribution in [3.05, 3.63) is 29.8 Å². The van der Waals surface area contributed by atoms with Crippen molar-refractivity contribution >= 4 is 0 Å². The van der Waals surface area contributed by atoms with Crippen molar-refractivity contribution in [1.82, 2.24) is 5.32 Å². The molecule has 0 amide bonds. The summed E-state index contributed by atoms with van der Waals surface area (Å²) in [4.78, 5) is 0. The highest BCUT2D eigenvalue weighted by atomic mass is 16.5. The summed E-state index contributed by atoms with van der Waals surface area (Å²) in [5, 5.41) is 12.7. The van der Waals surface area contributed by atoms with Crippen molar-refractivity contribution in [2.45, 2.75) is 32.4 Å². The normalized spacial score (nSPS) is 14.5. The van der Waals surface area contributed by atoms with Gasteiger partial charge in [-0.05, 0) is 31.0 Å². The molecular weight excluding hydrogens is 202 g/mol. The third-order valence-electron chi connectivity index (χ3n) is 2.75. The van der Waals surface area contributed by atoms with E-state index in [1.807, 2.05) is 31.2 Å². The van der Waals surface area contributed by atoms with Crippen LogP contribution in [0.15, 0.2) is 24.3 Å². The Bertz CT molecular complexity index is 297. The molecule has 3 nitrogen and oxygen atoms in total. The Hall–Kier alpha value is -1.06. The quantitative estimate of drug-likeness (QED) is 0.776. The molecule has 0 aliphatic rings. The summed E-state index contributed by atoms with van der Waals surface area (Å²) in [5.74, 6) is 0.865. The first-order valence-corrected chi connectivity index (χ1v) is 5.72. The van der Waals surface area contributed by atoms with Gasteiger partial charge >= 0.3 is 0 Å². The molecule has 0 saturated carbocycles. The summed E-state index contributed by atoms with van der Waals surface area (Å²) in [7, 11) is 1.66. The van der Waals surface area contributed by atoms with Crippen LogP contribution in [0.2, 0.25) is 0 Å². The van der Waals surface area contributed by atoms with Gasteiger partial charge in [-0.3, -0.25) is 0 Å². The van der Waals surface area contributed by atoms with E-state index in [1.54, 1.807) is 7.11 Å². The van der Waals surface area contributed by atoms with Gasteiger partial charge in [0.05, 0.1) is 13.2 Å². The largest absolute Gasteiger partial charge is 0.497 e. The Kier molecular flexibility index (Phi) is 5.29. The second kappa shape index (κ2) is 6.51. The van der Waals surface area contributed by atoms with Crippen LogP contribution in [-0.2, 0) is 0 Å². The van der Waals surface area contributed by atoms with Gasteiger partial charge < -0.3 is 15.2 Å². The van der Waals surface area contributed by atoms with Crippen molar-refractivity contribution < 1.29 is 9.84 Å². The maximum Gasteiger partial charge on any atom is 0.118 e. The van der Waals surface area contributed by atoms with Crippen LogP contribution in [0.3, 0.4) is 0 Å².